The van der Waals surface area contributed by atoms with Gasteiger partial charge < -0.3 is 25.3 Å². The van der Waals surface area contributed by atoms with Crippen LogP contribution < -0.4 is 16.4 Å². The zero-order chi connectivity index (χ0) is 21.5. The van der Waals surface area contributed by atoms with E-state index in [9.17, 15) is 4.79 Å². The number of carbonyl (C=O) groups is 1. The molecule has 160 valence electrons. The number of nitrogens with one attached hydrogen (secondary N) is 3. The van der Waals surface area contributed by atoms with Crippen LogP contribution in [0.1, 0.15) is 36.2 Å². The van der Waals surface area contributed by atoms with Gasteiger partial charge in [-0.1, -0.05) is 37.3 Å². The Kier molecular flexibility index (Phi) is 7.21. The van der Waals surface area contributed by atoms with Crippen LogP contribution in [0.25, 0.3) is 0 Å². The van der Waals surface area contributed by atoms with Crippen LogP contribution in [0.15, 0.2) is 36.4 Å². The number of aromatic nitrogens is 1. The number of rotatable bonds is 8. The largest absolute Gasteiger partial charge is 0.481 e. The highest BCUT2D eigenvalue weighted by Crippen LogP contribution is 2.23. The molecule has 1 aliphatic rings. The summed E-state index contributed by atoms with van der Waals surface area (Å²) in [5.74, 6) is 0.151. The van der Waals surface area contributed by atoms with Gasteiger partial charge in [0, 0.05) is 11.8 Å². The number of hydrogen-bond acceptors (Lipinski definition) is 7. The number of methoxy groups -OCH3 is 1. The third-order valence-corrected chi connectivity index (χ3v) is 4.78. The SMILES string of the molecule is CC[C@@H](NC(=O)Nc1cc(N)c(C(=N)OC)c(COC2COC2)n1)c1ccccc1. The number of urea groups is 1. The maximum atomic E-state index is 12.6. The molecule has 0 aliphatic carbocycles. The Bertz CT molecular complexity index is 886. The van der Waals surface area contributed by atoms with Crippen molar-refractivity contribution < 1.29 is 19.0 Å². The van der Waals surface area contributed by atoms with E-state index in [1.54, 1.807) is 0 Å². The number of anilines is 2. The molecule has 9 heteroatoms. The van der Waals surface area contributed by atoms with Crippen LogP contribution >= 0.6 is 0 Å². The van der Waals surface area contributed by atoms with E-state index >= 15 is 0 Å². The number of nitrogen functional groups attached to an aromatic ring is 1. The summed E-state index contributed by atoms with van der Waals surface area (Å²) in [6.07, 6.45) is 0.716. The van der Waals surface area contributed by atoms with E-state index < -0.39 is 6.03 Å². The molecule has 1 aromatic heterocycles. The van der Waals surface area contributed by atoms with Gasteiger partial charge in [0.2, 0.25) is 5.90 Å². The molecule has 0 spiro atoms. The lowest BCUT2D eigenvalue weighted by molar-refractivity contribution is -0.135. The Balaban J connectivity index is 1.74. The molecule has 5 N–H and O–H groups in total. The average molecular weight is 413 g/mol. The van der Waals surface area contributed by atoms with Gasteiger partial charge in [-0.15, -0.1) is 0 Å². The normalized spacial score (nSPS) is 14.5. The summed E-state index contributed by atoms with van der Waals surface area (Å²) in [5, 5.41) is 13.7. The van der Waals surface area contributed by atoms with Crippen LogP contribution in [0.5, 0.6) is 0 Å². The highest BCUT2D eigenvalue weighted by Gasteiger charge is 2.22. The maximum Gasteiger partial charge on any atom is 0.320 e. The standard InChI is InChI=1S/C21H27N5O4/c1-3-16(13-7-5-4-6-8-13)25-21(27)26-18-9-15(22)19(20(23)28-2)17(24-18)12-30-14-10-29-11-14/h4-9,14,16,23H,3,10-12H2,1-2H3,(H4,22,24,25,26,27)/t16-/m1/s1. The first-order valence-corrected chi connectivity index (χ1v) is 9.75. The second-order valence-electron chi connectivity index (χ2n) is 6.89. The zero-order valence-electron chi connectivity index (χ0n) is 17.1. The zero-order valence-corrected chi connectivity index (χ0v) is 17.1. The number of benzene rings is 1. The highest BCUT2D eigenvalue weighted by molar-refractivity contribution is 5.99. The topological polar surface area (TPSA) is 132 Å². The van der Waals surface area contributed by atoms with Gasteiger partial charge in [-0.25, -0.2) is 9.78 Å². The quantitative estimate of drug-likeness (QED) is 0.389. The van der Waals surface area contributed by atoms with E-state index in [0.29, 0.717) is 24.5 Å². The lowest BCUT2D eigenvalue weighted by Crippen LogP contribution is -2.36. The first-order chi connectivity index (χ1) is 14.5. The molecule has 3 rings (SSSR count). The number of carbonyl (C=O) groups excluding carboxylic acids is 1. The third-order valence-electron chi connectivity index (χ3n) is 4.78. The van der Waals surface area contributed by atoms with Gasteiger partial charge in [-0.2, -0.15) is 0 Å². The molecule has 1 saturated heterocycles. The van der Waals surface area contributed by atoms with Crippen molar-refractivity contribution in [2.45, 2.75) is 32.1 Å². The third kappa shape index (κ3) is 5.25. The molecule has 0 saturated carbocycles. The molecule has 1 aromatic carbocycles. The van der Waals surface area contributed by atoms with Crippen molar-refractivity contribution in [1.82, 2.24) is 10.3 Å². The number of hydrogen-bond donors (Lipinski definition) is 4. The molecule has 2 heterocycles. The Morgan fingerprint density at radius 2 is 2.10 bits per heavy atom. The molecule has 0 radical (unpaired) electrons. The molecule has 0 unspecified atom stereocenters. The summed E-state index contributed by atoms with van der Waals surface area (Å²) < 4.78 is 15.9. The van der Waals surface area contributed by atoms with E-state index in [1.165, 1.54) is 13.2 Å². The molecule has 0 bridgehead atoms. The van der Waals surface area contributed by atoms with E-state index in [0.717, 1.165) is 12.0 Å². The molecule has 30 heavy (non-hydrogen) atoms. The smallest absolute Gasteiger partial charge is 0.320 e. The minimum atomic E-state index is -0.397. The van der Waals surface area contributed by atoms with E-state index in [4.69, 9.17) is 25.4 Å². The fourth-order valence-electron chi connectivity index (χ4n) is 3.08. The summed E-state index contributed by atoms with van der Waals surface area (Å²) in [7, 11) is 1.39. The van der Waals surface area contributed by atoms with Gasteiger partial charge in [0.15, 0.2) is 0 Å². The Morgan fingerprint density at radius 3 is 2.70 bits per heavy atom. The van der Waals surface area contributed by atoms with E-state index in [1.807, 2.05) is 37.3 Å². The summed E-state index contributed by atoms with van der Waals surface area (Å²) in [5.41, 5.74) is 8.18. The van der Waals surface area contributed by atoms with Crippen LogP contribution in [0.3, 0.4) is 0 Å². The highest BCUT2D eigenvalue weighted by atomic mass is 16.6. The van der Waals surface area contributed by atoms with Crippen LogP contribution in [0, 0.1) is 5.41 Å². The van der Waals surface area contributed by atoms with Crippen molar-refractivity contribution in [3.8, 4) is 0 Å². The molecule has 1 fully saturated rings. The first kappa shape index (κ1) is 21.5. The maximum absolute atomic E-state index is 12.6. The van der Waals surface area contributed by atoms with Gasteiger partial charge in [-0.05, 0) is 12.0 Å². The van der Waals surface area contributed by atoms with Gasteiger partial charge in [0.1, 0.15) is 11.9 Å². The minimum absolute atomic E-state index is 0.0197. The monoisotopic (exact) mass is 413 g/mol. The predicted molar refractivity (Wildman–Crippen MR) is 114 cm³/mol. The van der Waals surface area contributed by atoms with Crippen molar-refractivity contribution in [2.24, 2.45) is 0 Å². The molecular formula is C21H27N5O4. The Labute approximate surface area is 175 Å². The van der Waals surface area contributed by atoms with Crippen molar-refractivity contribution in [2.75, 3.05) is 31.4 Å². The van der Waals surface area contributed by atoms with Gasteiger partial charge in [0.25, 0.3) is 0 Å². The molecule has 1 aliphatic heterocycles. The van der Waals surface area contributed by atoms with Crippen molar-refractivity contribution in [3.05, 3.63) is 53.2 Å². The number of nitrogens with zero attached hydrogens (tertiary/aromatic N) is 1. The molecule has 9 nitrogen and oxygen atoms in total. The Hall–Kier alpha value is -3.17. The average Bonchev–Trinajstić information content (AvgIpc) is 2.70. The lowest BCUT2D eigenvalue weighted by atomic mass is 10.1. The number of amides is 2. The summed E-state index contributed by atoms with van der Waals surface area (Å²) in [4.78, 5) is 17.0. The van der Waals surface area contributed by atoms with Crippen molar-refractivity contribution in [1.29, 1.82) is 5.41 Å². The fraction of sp³-hybridized carbons (Fsp3) is 0.381. The van der Waals surface area contributed by atoms with Gasteiger partial charge >= 0.3 is 6.03 Å². The molecular weight excluding hydrogens is 386 g/mol. The summed E-state index contributed by atoms with van der Waals surface area (Å²) >= 11 is 0. The molecule has 2 amide bonds. The summed E-state index contributed by atoms with van der Waals surface area (Å²) in [6.45, 7) is 3.16. The van der Waals surface area contributed by atoms with Crippen molar-refractivity contribution in [3.63, 3.8) is 0 Å². The second-order valence-corrected chi connectivity index (χ2v) is 6.89. The predicted octanol–water partition coefficient (Wildman–Crippen LogP) is 2.82. The first-order valence-electron chi connectivity index (χ1n) is 9.75. The van der Waals surface area contributed by atoms with Gasteiger partial charge in [0.05, 0.1) is 44.2 Å². The van der Waals surface area contributed by atoms with Crippen molar-refractivity contribution >= 4 is 23.4 Å². The number of pyridine rings is 1. The second kappa shape index (κ2) is 10.0. The number of nitrogens with two attached hydrogens (primary N) is 1. The minimum Gasteiger partial charge on any atom is -0.481 e. The fourth-order valence-corrected chi connectivity index (χ4v) is 3.08. The van der Waals surface area contributed by atoms with Crippen LogP contribution in [-0.2, 0) is 20.8 Å². The summed E-state index contributed by atoms with van der Waals surface area (Å²) in [6, 6.07) is 10.7. The van der Waals surface area contributed by atoms with E-state index in [-0.39, 0.29) is 36.2 Å². The Morgan fingerprint density at radius 1 is 1.37 bits per heavy atom. The lowest BCUT2D eigenvalue weighted by Gasteiger charge is -2.26. The van der Waals surface area contributed by atoms with Gasteiger partial charge in [-0.3, -0.25) is 10.7 Å². The number of ether oxygens (including phenoxy) is 3. The molecule has 2 aromatic rings. The van der Waals surface area contributed by atoms with Crippen LogP contribution in [0.4, 0.5) is 16.3 Å². The molecule has 1 atom stereocenters. The van der Waals surface area contributed by atoms with Crippen LogP contribution in [-0.4, -0.2) is 43.3 Å². The van der Waals surface area contributed by atoms with Crippen LogP contribution in [0.2, 0.25) is 0 Å². The van der Waals surface area contributed by atoms with E-state index in [2.05, 4.69) is 15.6 Å².